The standard InChI is InChI=1S/C19H16N4O5/c1-20-17(25)12-6-8-15(9-7-12)22-16(24)10-27-19(26)14-4-2-13(3-5-14)18-23-21-11-28-18/h2-9,11H,10H2,1H3,(H,20,25)(H,22,24). The first-order chi connectivity index (χ1) is 13.6. The van der Waals surface area contributed by atoms with Gasteiger partial charge in [-0.1, -0.05) is 0 Å². The summed E-state index contributed by atoms with van der Waals surface area (Å²) in [5, 5.41) is 12.4. The first-order valence-corrected chi connectivity index (χ1v) is 8.22. The molecule has 3 rings (SSSR count). The highest BCUT2D eigenvalue weighted by atomic mass is 16.5. The Morgan fingerprint density at radius 1 is 1.00 bits per heavy atom. The van der Waals surface area contributed by atoms with Gasteiger partial charge in [-0.25, -0.2) is 4.79 Å². The molecule has 0 fully saturated rings. The molecule has 142 valence electrons. The van der Waals surface area contributed by atoms with Crippen molar-refractivity contribution in [2.75, 3.05) is 19.0 Å². The van der Waals surface area contributed by atoms with Gasteiger partial charge < -0.3 is 19.8 Å². The molecule has 0 atom stereocenters. The van der Waals surface area contributed by atoms with E-state index >= 15 is 0 Å². The predicted molar refractivity (Wildman–Crippen MR) is 98.5 cm³/mol. The lowest BCUT2D eigenvalue weighted by atomic mass is 10.1. The molecule has 0 saturated carbocycles. The summed E-state index contributed by atoms with van der Waals surface area (Å²) in [6.07, 6.45) is 1.21. The molecule has 9 heteroatoms. The van der Waals surface area contributed by atoms with Gasteiger partial charge in [0.25, 0.3) is 11.8 Å². The van der Waals surface area contributed by atoms with E-state index in [9.17, 15) is 14.4 Å². The van der Waals surface area contributed by atoms with Crippen LogP contribution in [0.25, 0.3) is 11.5 Å². The lowest BCUT2D eigenvalue weighted by Crippen LogP contribution is -2.21. The van der Waals surface area contributed by atoms with Gasteiger partial charge in [0, 0.05) is 23.9 Å². The minimum atomic E-state index is -0.637. The van der Waals surface area contributed by atoms with E-state index in [1.54, 1.807) is 36.4 Å². The van der Waals surface area contributed by atoms with Crippen LogP contribution in [0.15, 0.2) is 59.3 Å². The molecule has 0 radical (unpaired) electrons. The number of hydrogen-bond donors (Lipinski definition) is 2. The van der Waals surface area contributed by atoms with E-state index in [0.29, 0.717) is 22.7 Å². The van der Waals surface area contributed by atoms with E-state index in [1.165, 1.54) is 25.6 Å². The van der Waals surface area contributed by atoms with Crippen molar-refractivity contribution < 1.29 is 23.5 Å². The van der Waals surface area contributed by atoms with Crippen molar-refractivity contribution in [3.05, 3.63) is 66.1 Å². The fourth-order valence-electron chi connectivity index (χ4n) is 2.31. The fraction of sp³-hybridized carbons (Fsp3) is 0.105. The van der Waals surface area contributed by atoms with Gasteiger partial charge in [-0.2, -0.15) is 0 Å². The van der Waals surface area contributed by atoms with Gasteiger partial charge in [-0.05, 0) is 48.5 Å². The smallest absolute Gasteiger partial charge is 0.338 e. The van der Waals surface area contributed by atoms with Crippen molar-refractivity contribution in [2.45, 2.75) is 0 Å². The van der Waals surface area contributed by atoms with Crippen LogP contribution >= 0.6 is 0 Å². The number of carbonyl (C=O) groups is 3. The molecule has 2 aromatic carbocycles. The average Bonchev–Trinajstić information content (AvgIpc) is 3.27. The number of ether oxygens (including phenoxy) is 1. The second kappa shape index (κ2) is 8.58. The summed E-state index contributed by atoms with van der Waals surface area (Å²) in [5.74, 6) is -1.02. The molecule has 1 aromatic heterocycles. The molecule has 2 amide bonds. The first-order valence-electron chi connectivity index (χ1n) is 8.22. The molecule has 0 unspecified atom stereocenters. The van der Waals surface area contributed by atoms with Crippen LogP contribution in [-0.2, 0) is 9.53 Å². The molecule has 0 bridgehead atoms. The minimum Gasteiger partial charge on any atom is -0.452 e. The maximum Gasteiger partial charge on any atom is 0.338 e. The predicted octanol–water partition coefficient (Wildman–Crippen LogP) is 1.89. The number of nitrogens with one attached hydrogen (secondary N) is 2. The van der Waals surface area contributed by atoms with Crippen molar-refractivity contribution >= 4 is 23.5 Å². The van der Waals surface area contributed by atoms with E-state index in [0.717, 1.165) is 0 Å². The fourth-order valence-corrected chi connectivity index (χ4v) is 2.31. The third kappa shape index (κ3) is 4.58. The van der Waals surface area contributed by atoms with Crippen molar-refractivity contribution in [2.24, 2.45) is 0 Å². The third-order valence-corrected chi connectivity index (χ3v) is 3.72. The number of rotatable bonds is 6. The molecule has 0 saturated heterocycles. The molecule has 0 aliphatic heterocycles. The molecule has 1 heterocycles. The van der Waals surface area contributed by atoms with Crippen LogP contribution in [0.4, 0.5) is 5.69 Å². The first kappa shape index (κ1) is 18.8. The Kier molecular flexibility index (Phi) is 5.75. The van der Waals surface area contributed by atoms with Crippen molar-refractivity contribution in [3.8, 4) is 11.5 Å². The lowest BCUT2D eigenvalue weighted by Gasteiger charge is -2.07. The molecule has 0 aliphatic carbocycles. The maximum atomic E-state index is 12.1. The number of nitrogens with zero attached hydrogens (tertiary/aromatic N) is 2. The number of esters is 1. The average molecular weight is 380 g/mol. The molecular weight excluding hydrogens is 364 g/mol. The summed E-state index contributed by atoms with van der Waals surface area (Å²) in [6, 6.07) is 12.7. The van der Waals surface area contributed by atoms with Gasteiger partial charge >= 0.3 is 5.97 Å². The zero-order chi connectivity index (χ0) is 19.9. The molecule has 9 nitrogen and oxygen atoms in total. The van der Waals surface area contributed by atoms with Crippen LogP contribution < -0.4 is 10.6 Å². The van der Waals surface area contributed by atoms with E-state index in [1.807, 2.05) is 0 Å². The van der Waals surface area contributed by atoms with Gasteiger partial charge in [0.1, 0.15) is 0 Å². The normalized spacial score (nSPS) is 10.2. The van der Waals surface area contributed by atoms with Crippen LogP contribution in [0.2, 0.25) is 0 Å². The lowest BCUT2D eigenvalue weighted by molar-refractivity contribution is -0.119. The number of carbonyl (C=O) groups excluding carboxylic acids is 3. The monoisotopic (exact) mass is 380 g/mol. The van der Waals surface area contributed by atoms with Crippen molar-refractivity contribution in [1.82, 2.24) is 15.5 Å². The molecule has 2 N–H and O–H groups in total. The molecule has 3 aromatic rings. The van der Waals surface area contributed by atoms with E-state index < -0.39 is 18.5 Å². The van der Waals surface area contributed by atoms with Gasteiger partial charge in [-0.3, -0.25) is 9.59 Å². The summed E-state index contributed by atoms with van der Waals surface area (Å²) >= 11 is 0. The van der Waals surface area contributed by atoms with Crippen LogP contribution in [-0.4, -0.2) is 41.6 Å². The zero-order valence-electron chi connectivity index (χ0n) is 14.8. The van der Waals surface area contributed by atoms with Gasteiger partial charge in [0.05, 0.1) is 5.56 Å². The SMILES string of the molecule is CNC(=O)c1ccc(NC(=O)COC(=O)c2ccc(-c3nnco3)cc2)cc1. The van der Waals surface area contributed by atoms with Gasteiger partial charge in [0.15, 0.2) is 6.61 Å². The van der Waals surface area contributed by atoms with E-state index in [2.05, 4.69) is 20.8 Å². The highest BCUT2D eigenvalue weighted by molar-refractivity contribution is 5.97. The Labute approximate surface area is 159 Å². The molecule has 28 heavy (non-hydrogen) atoms. The number of benzene rings is 2. The quantitative estimate of drug-likeness (QED) is 0.626. The molecule has 0 spiro atoms. The largest absolute Gasteiger partial charge is 0.452 e. The van der Waals surface area contributed by atoms with E-state index in [-0.39, 0.29) is 11.5 Å². The molecular formula is C19H16N4O5. The topological polar surface area (TPSA) is 123 Å². The maximum absolute atomic E-state index is 12.1. The molecule has 0 aliphatic rings. The van der Waals surface area contributed by atoms with Gasteiger partial charge in [-0.15, -0.1) is 10.2 Å². The Balaban J connectivity index is 1.51. The Bertz CT molecular complexity index is 967. The van der Waals surface area contributed by atoms with Crippen molar-refractivity contribution in [1.29, 1.82) is 0 Å². The second-order valence-electron chi connectivity index (χ2n) is 5.60. The van der Waals surface area contributed by atoms with Gasteiger partial charge in [0.2, 0.25) is 12.3 Å². The van der Waals surface area contributed by atoms with Crippen LogP contribution in [0.1, 0.15) is 20.7 Å². The Morgan fingerprint density at radius 2 is 1.68 bits per heavy atom. The summed E-state index contributed by atoms with van der Waals surface area (Å²) in [4.78, 5) is 35.5. The Morgan fingerprint density at radius 3 is 2.29 bits per heavy atom. The minimum absolute atomic E-state index is 0.225. The third-order valence-electron chi connectivity index (χ3n) is 3.72. The Hall–Kier alpha value is -4.01. The van der Waals surface area contributed by atoms with Crippen molar-refractivity contribution in [3.63, 3.8) is 0 Å². The number of aromatic nitrogens is 2. The van der Waals surface area contributed by atoms with Crippen LogP contribution in [0.3, 0.4) is 0 Å². The summed E-state index contributed by atoms with van der Waals surface area (Å²) in [5.41, 5.74) is 1.89. The number of hydrogen-bond acceptors (Lipinski definition) is 7. The number of amides is 2. The van der Waals surface area contributed by atoms with Crippen LogP contribution in [0, 0.1) is 0 Å². The van der Waals surface area contributed by atoms with Crippen LogP contribution in [0.5, 0.6) is 0 Å². The summed E-state index contributed by atoms with van der Waals surface area (Å²) in [7, 11) is 1.53. The zero-order valence-corrected chi connectivity index (χ0v) is 14.8. The highest BCUT2D eigenvalue weighted by Gasteiger charge is 2.12. The summed E-state index contributed by atoms with van der Waals surface area (Å²) < 4.78 is 10.1. The second-order valence-corrected chi connectivity index (χ2v) is 5.60. The summed E-state index contributed by atoms with van der Waals surface area (Å²) in [6.45, 7) is -0.443. The number of anilines is 1. The highest BCUT2D eigenvalue weighted by Crippen LogP contribution is 2.17. The van der Waals surface area contributed by atoms with E-state index in [4.69, 9.17) is 9.15 Å².